The van der Waals surface area contributed by atoms with E-state index < -0.39 is 0 Å². The van der Waals surface area contributed by atoms with Gasteiger partial charge < -0.3 is 5.32 Å². The normalized spacial score (nSPS) is 9.50. The van der Waals surface area contributed by atoms with Crippen LogP contribution in [0.1, 0.15) is 0 Å². The second kappa shape index (κ2) is 4.28. The van der Waals surface area contributed by atoms with Gasteiger partial charge in [-0.3, -0.25) is 0 Å². The minimum absolute atomic E-state index is 0.396. The molecule has 1 rings (SSSR count). The molecule has 0 unspecified atom stereocenters. The molecule has 1 aromatic rings. The summed E-state index contributed by atoms with van der Waals surface area (Å²) in [5, 5.41) is 3.83. The van der Waals surface area contributed by atoms with Gasteiger partial charge in [0.1, 0.15) is 17.3 Å². The van der Waals surface area contributed by atoms with Crippen LogP contribution in [-0.2, 0) is 0 Å². The van der Waals surface area contributed by atoms with E-state index in [0.29, 0.717) is 22.5 Å². The van der Waals surface area contributed by atoms with Crippen LogP contribution in [0, 0.1) is 0 Å². The number of anilines is 1. The van der Waals surface area contributed by atoms with E-state index in [1.165, 1.54) is 6.33 Å². The summed E-state index contributed by atoms with van der Waals surface area (Å²) in [6.07, 6.45) is 1.38. The molecule has 0 spiro atoms. The molecule has 64 valence electrons. The van der Waals surface area contributed by atoms with Gasteiger partial charge in [0.05, 0.1) is 6.54 Å². The molecule has 3 nitrogen and oxygen atoms in total. The number of hydrogen-bond donors (Lipinski definition) is 1. The first kappa shape index (κ1) is 9.29. The van der Waals surface area contributed by atoms with Gasteiger partial charge in [0.2, 0.25) is 0 Å². The van der Waals surface area contributed by atoms with Gasteiger partial charge in [0, 0.05) is 11.1 Å². The van der Waals surface area contributed by atoms with Gasteiger partial charge in [-0.2, -0.15) is 0 Å². The van der Waals surface area contributed by atoms with Crippen LogP contribution in [0.4, 0.5) is 5.82 Å². The second-order valence-electron chi connectivity index (χ2n) is 2.10. The Balaban J connectivity index is 2.57. The molecule has 1 aromatic heterocycles. The second-order valence-corrected chi connectivity index (χ2v) is 3.02. The van der Waals surface area contributed by atoms with Crippen molar-refractivity contribution in [3.8, 4) is 0 Å². The third kappa shape index (κ3) is 3.07. The average molecular weight is 204 g/mol. The molecule has 0 saturated heterocycles. The molecule has 0 atom stereocenters. The Hall–Kier alpha value is -0.800. The van der Waals surface area contributed by atoms with Gasteiger partial charge >= 0.3 is 0 Å². The van der Waals surface area contributed by atoms with Crippen LogP contribution in [0.3, 0.4) is 0 Å². The smallest absolute Gasteiger partial charge is 0.134 e. The van der Waals surface area contributed by atoms with Crippen molar-refractivity contribution in [1.29, 1.82) is 0 Å². The van der Waals surface area contributed by atoms with Crippen LogP contribution >= 0.6 is 23.2 Å². The number of hydrogen-bond acceptors (Lipinski definition) is 3. The van der Waals surface area contributed by atoms with Crippen LogP contribution < -0.4 is 5.32 Å². The average Bonchev–Trinajstić information content (AvgIpc) is 2.01. The van der Waals surface area contributed by atoms with Crippen molar-refractivity contribution in [3.05, 3.63) is 29.2 Å². The quantitative estimate of drug-likeness (QED) is 0.767. The Morgan fingerprint density at radius 2 is 2.33 bits per heavy atom. The highest BCUT2D eigenvalue weighted by Gasteiger charge is 1.95. The lowest BCUT2D eigenvalue weighted by molar-refractivity contribution is 1.14. The van der Waals surface area contributed by atoms with Gasteiger partial charge in [-0.05, 0) is 0 Å². The predicted octanol–water partition coefficient (Wildman–Crippen LogP) is 2.29. The lowest BCUT2D eigenvalue weighted by Crippen LogP contribution is -2.02. The number of rotatable bonds is 3. The minimum atomic E-state index is 0.396. The highest BCUT2D eigenvalue weighted by molar-refractivity contribution is 6.30. The number of nitrogens with zero attached hydrogens (tertiary/aromatic N) is 2. The van der Waals surface area contributed by atoms with Crippen molar-refractivity contribution in [3.63, 3.8) is 0 Å². The van der Waals surface area contributed by atoms with Crippen molar-refractivity contribution in [2.45, 2.75) is 0 Å². The first-order valence-electron chi connectivity index (χ1n) is 3.23. The predicted molar refractivity (Wildman–Crippen MR) is 50.5 cm³/mol. The van der Waals surface area contributed by atoms with Crippen molar-refractivity contribution < 1.29 is 0 Å². The maximum atomic E-state index is 5.61. The van der Waals surface area contributed by atoms with Gasteiger partial charge in [-0.25, -0.2) is 9.97 Å². The Morgan fingerprint density at radius 3 is 2.92 bits per heavy atom. The van der Waals surface area contributed by atoms with Crippen LogP contribution in [0.2, 0.25) is 5.15 Å². The molecule has 12 heavy (non-hydrogen) atoms. The minimum Gasteiger partial charge on any atom is -0.365 e. The zero-order valence-corrected chi connectivity index (χ0v) is 7.73. The Labute approximate surface area is 80.4 Å². The molecule has 1 N–H and O–H groups in total. The summed E-state index contributed by atoms with van der Waals surface area (Å²) < 4.78 is 0. The number of nitrogens with one attached hydrogen (secondary N) is 1. The molecule has 0 saturated carbocycles. The zero-order chi connectivity index (χ0) is 8.97. The van der Waals surface area contributed by atoms with Crippen molar-refractivity contribution in [1.82, 2.24) is 9.97 Å². The molecule has 0 bridgehead atoms. The highest BCUT2D eigenvalue weighted by Crippen LogP contribution is 2.09. The van der Waals surface area contributed by atoms with E-state index in [9.17, 15) is 0 Å². The van der Waals surface area contributed by atoms with E-state index in [4.69, 9.17) is 23.2 Å². The van der Waals surface area contributed by atoms with Crippen LogP contribution in [-0.4, -0.2) is 16.5 Å². The first-order chi connectivity index (χ1) is 5.68. The summed E-state index contributed by atoms with van der Waals surface area (Å²) in [5.41, 5.74) is 0. The van der Waals surface area contributed by atoms with Crippen molar-refractivity contribution >= 4 is 29.0 Å². The van der Waals surface area contributed by atoms with E-state index >= 15 is 0 Å². The molecular formula is C7H7Cl2N3. The lowest BCUT2D eigenvalue weighted by Gasteiger charge is -2.02. The summed E-state index contributed by atoms with van der Waals surface area (Å²) >= 11 is 11.1. The molecule has 0 amide bonds. The Kier molecular flexibility index (Phi) is 3.31. The van der Waals surface area contributed by atoms with Crippen LogP contribution in [0.15, 0.2) is 24.0 Å². The SMILES string of the molecule is C=C(Cl)CNc1cc(Cl)ncn1. The summed E-state index contributed by atoms with van der Waals surface area (Å²) in [5.74, 6) is 0.636. The maximum absolute atomic E-state index is 5.61. The van der Waals surface area contributed by atoms with Gasteiger partial charge in [-0.15, -0.1) is 0 Å². The monoisotopic (exact) mass is 203 g/mol. The van der Waals surface area contributed by atoms with E-state index in [-0.39, 0.29) is 0 Å². The third-order valence-corrected chi connectivity index (χ3v) is 1.44. The number of aromatic nitrogens is 2. The standard InChI is InChI=1S/C7H7Cl2N3/c1-5(8)3-10-7-2-6(9)11-4-12-7/h2,4H,1,3H2,(H,10,11,12). The fourth-order valence-electron chi connectivity index (χ4n) is 0.617. The highest BCUT2D eigenvalue weighted by atomic mass is 35.5. The van der Waals surface area contributed by atoms with Crippen LogP contribution in [0.5, 0.6) is 0 Å². The largest absolute Gasteiger partial charge is 0.365 e. The lowest BCUT2D eigenvalue weighted by atomic mass is 10.5. The van der Waals surface area contributed by atoms with Crippen molar-refractivity contribution in [2.75, 3.05) is 11.9 Å². The van der Waals surface area contributed by atoms with E-state index in [1.54, 1.807) is 6.07 Å². The van der Waals surface area contributed by atoms with Crippen molar-refractivity contribution in [2.24, 2.45) is 0 Å². The molecular weight excluding hydrogens is 197 g/mol. The first-order valence-corrected chi connectivity index (χ1v) is 3.99. The molecule has 0 radical (unpaired) electrons. The Bertz CT molecular complexity index is 288. The zero-order valence-electron chi connectivity index (χ0n) is 6.22. The molecule has 1 heterocycles. The molecule has 0 aliphatic heterocycles. The molecule has 0 aliphatic rings. The van der Waals surface area contributed by atoms with E-state index in [2.05, 4.69) is 21.9 Å². The molecule has 0 fully saturated rings. The molecule has 0 aromatic carbocycles. The van der Waals surface area contributed by atoms with Gasteiger partial charge in [0.25, 0.3) is 0 Å². The fraction of sp³-hybridized carbons (Fsp3) is 0.143. The van der Waals surface area contributed by atoms with E-state index in [1.807, 2.05) is 0 Å². The topological polar surface area (TPSA) is 37.8 Å². The van der Waals surface area contributed by atoms with Gasteiger partial charge in [0.15, 0.2) is 0 Å². The summed E-state index contributed by atoms with van der Waals surface area (Å²) in [7, 11) is 0. The maximum Gasteiger partial charge on any atom is 0.134 e. The Morgan fingerprint density at radius 1 is 1.58 bits per heavy atom. The summed E-state index contributed by atoms with van der Waals surface area (Å²) in [6, 6.07) is 1.61. The molecule has 0 aliphatic carbocycles. The van der Waals surface area contributed by atoms with E-state index in [0.717, 1.165) is 0 Å². The third-order valence-electron chi connectivity index (χ3n) is 1.10. The molecule has 5 heteroatoms. The summed E-state index contributed by atoms with van der Waals surface area (Å²) in [6.45, 7) is 3.99. The fourth-order valence-corrected chi connectivity index (χ4v) is 0.831. The summed E-state index contributed by atoms with van der Waals surface area (Å²) in [4.78, 5) is 7.63. The number of halogens is 2. The van der Waals surface area contributed by atoms with Gasteiger partial charge in [-0.1, -0.05) is 29.8 Å². The van der Waals surface area contributed by atoms with Crippen LogP contribution in [0.25, 0.3) is 0 Å².